The summed E-state index contributed by atoms with van der Waals surface area (Å²) in [6, 6.07) is -0.699. The zero-order chi connectivity index (χ0) is 12.7. The molecule has 0 aromatic heterocycles. The van der Waals surface area contributed by atoms with Crippen LogP contribution in [-0.2, 0) is 4.79 Å². The van der Waals surface area contributed by atoms with Crippen LogP contribution in [-0.4, -0.2) is 42.5 Å². The maximum atomic E-state index is 12.0. The van der Waals surface area contributed by atoms with Gasteiger partial charge in [0.1, 0.15) is 6.04 Å². The van der Waals surface area contributed by atoms with Crippen molar-refractivity contribution in [1.82, 2.24) is 15.5 Å². The summed E-state index contributed by atoms with van der Waals surface area (Å²) in [6.07, 6.45) is 4.23. The average Bonchev–Trinajstić information content (AvgIpc) is 2.36. The fraction of sp³-hybridized carbons (Fsp3) is 0.833. The van der Waals surface area contributed by atoms with Crippen molar-refractivity contribution in [3.8, 4) is 0 Å². The topological polar surface area (TPSA) is 61.4 Å². The van der Waals surface area contributed by atoms with E-state index >= 15 is 0 Å². The molecule has 0 radical (unpaired) electrons. The molecule has 0 saturated carbocycles. The van der Waals surface area contributed by atoms with Gasteiger partial charge in [0.2, 0.25) is 5.91 Å². The molecule has 0 bridgehead atoms. The molecule has 1 unspecified atom stereocenters. The molecule has 1 aliphatic rings. The SMILES string of the molecule is CCCNC(=O)NC(C)C(=O)N1CCCCC1. The lowest BCUT2D eigenvalue weighted by molar-refractivity contribution is -0.133. The lowest BCUT2D eigenvalue weighted by Gasteiger charge is -2.29. The smallest absolute Gasteiger partial charge is 0.315 e. The molecule has 1 aliphatic heterocycles. The number of amides is 3. The molecular formula is C12H23N3O2. The van der Waals surface area contributed by atoms with Gasteiger partial charge in [-0.2, -0.15) is 0 Å². The summed E-state index contributed by atoms with van der Waals surface area (Å²) in [5.74, 6) is 0.0244. The van der Waals surface area contributed by atoms with Crippen molar-refractivity contribution in [2.75, 3.05) is 19.6 Å². The minimum absolute atomic E-state index is 0.0244. The second-order valence-corrected chi connectivity index (χ2v) is 4.51. The van der Waals surface area contributed by atoms with E-state index in [1.807, 2.05) is 11.8 Å². The van der Waals surface area contributed by atoms with Crippen molar-refractivity contribution < 1.29 is 9.59 Å². The van der Waals surface area contributed by atoms with E-state index in [0.29, 0.717) is 6.54 Å². The molecule has 2 N–H and O–H groups in total. The Kier molecular flexibility index (Phi) is 5.80. The molecule has 0 aromatic rings. The van der Waals surface area contributed by atoms with E-state index in [-0.39, 0.29) is 11.9 Å². The zero-order valence-electron chi connectivity index (χ0n) is 10.8. The van der Waals surface area contributed by atoms with Crippen LogP contribution in [0.1, 0.15) is 39.5 Å². The molecule has 1 fully saturated rings. The van der Waals surface area contributed by atoms with Crippen LogP contribution in [0.2, 0.25) is 0 Å². The van der Waals surface area contributed by atoms with Crippen molar-refractivity contribution in [3.63, 3.8) is 0 Å². The van der Waals surface area contributed by atoms with Crippen LogP contribution in [0.25, 0.3) is 0 Å². The van der Waals surface area contributed by atoms with Gasteiger partial charge in [0.05, 0.1) is 0 Å². The van der Waals surface area contributed by atoms with Crippen LogP contribution < -0.4 is 10.6 Å². The molecule has 1 rings (SSSR count). The second kappa shape index (κ2) is 7.14. The summed E-state index contributed by atoms with van der Waals surface area (Å²) in [7, 11) is 0. The first-order chi connectivity index (χ1) is 8.15. The monoisotopic (exact) mass is 241 g/mol. The van der Waals surface area contributed by atoms with Crippen LogP contribution in [0.15, 0.2) is 0 Å². The molecule has 1 heterocycles. The van der Waals surface area contributed by atoms with Crippen LogP contribution in [0.5, 0.6) is 0 Å². The number of likely N-dealkylation sites (tertiary alicyclic amines) is 1. The highest BCUT2D eigenvalue weighted by Crippen LogP contribution is 2.09. The zero-order valence-corrected chi connectivity index (χ0v) is 10.8. The van der Waals surface area contributed by atoms with Gasteiger partial charge in [0, 0.05) is 19.6 Å². The average molecular weight is 241 g/mol. The van der Waals surface area contributed by atoms with Crippen molar-refractivity contribution >= 4 is 11.9 Å². The predicted molar refractivity (Wildman–Crippen MR) is 66.7 cm³/mol. The third kappa shape index (κ3) is 4.63. The van der Waals surface area contributed by atoms with Crippen LogP contribution >= 0.6 is 0 Å². The van der Waals surface area contributed by atoms with Crippen molar-refractivity contribution in [2.45, 2.75) is 45.6 Å². The maximum absolute atomic E-state index is 12.0. The van der Waals surface area contributed by atoms with E-state index in [0.717, 1.165) is 32.4 Å². The highest BCUT2D eigenvalue weighted by Gasteiger charge is 2.22. The Hall–Kier alpha value is -1.26. The number of carbonyl (C=O) groups is 2. The molecule has 1 saturated heterocycles. The highest BCUT2D eigenvalue weighted by atomic mass is 16.2. The molecular weight excluding hydrogens is 218 g/mol. The Morgan fingerprint density at radius 3 is 2.47 bits per heavy atom. The van der Waals surface area contributed by atoms with Crippen LogP contribution in [0.4, 0.5) is 4.79 Å². The van der Waals surface area contributed by atoms with Gasteiger partial charge >= 0.3 is 6.03 Å². The van der Waals surface area contributed by atoms with E-state index in [9.17, 15) is 9.59 Å². The molecule has 0 aromatic carbocycles. The number of piperidine rings is 1. The number of carbonyl (C=O) groups excluding carboxylic acids is 2. The van der Waals surface area contributed by atoms with Gasteiger partial charge in [-0.15, -0.1) is 0 Å². The molecule has 0 spiro atoms. The van der Waals surface area contributed by atoms with Gasteiger partial charge in [-0.05, 0) is 32.6 Å². The van der Waals surface area contributed by atoms with E-state index < -0.39 is 6.04 Å². The molecule has 1 atom stereocenters. The Morgan fingerprint density at radius 2 is 1.88 bits per heavy atom. The summed E-state index contributed by atoms with van der Waals surface area (Å²) < 4.78 is 0. The first-order valence-electron chi connectivity index (χ1n) is 6.48. The molecule has 17 heavy (non-hydrogen) atoms. The number of rotatable bonds is 4. The third-order valence-corrected chi connectivity index (χ3v) is 2.92. The van der Waals surface area contributed by atoms with Gasteiger partial charge in [0.25, 0.3) is 0 Å². The summed E-state index contributed by atoms with van der Waals surface area (Å²) >= 11 is 0. The largest absolute Gasteiger partial charge is 0.341 e. The van der Waals surface area contributed by atoms with Gasteiger partial charge in [-0.25, -0.2) is 4.79 Å². The van der Waals surface area contributed by atoms with Crippen molar-refractivity contribution in [3.05, 3.63) is 0 Å². The molecule has 5 nitrogen and oxygen atoms in total. The van der Waals surface area contributed by atoms with E-state index in [2.05, 4.69) is 10.6 Å². The standard InChI is InChI=1S/C12H23N3O2/c1-3-7-13-12(17)14-10(2)11(16)15-8-5-4-6-9-15/h10H,3-9H2,1-2H3,(H2,13,14,17). The van der Waals surface area contributed by atoms with Gasteiger partial charge in [-0.3, -0.25) is 4.79 Å². The normalized spacial score (nSPS) is 17.4. The Bertz CT molecular complexity index is 262. The first-order valence-corrected chi connectivity index (χ1v) is 6.48. The quantitative estimate of drug-likeness (QED) is 0.774. The van der Waals surface area contributed by atoms with Crippen molar-refractivity contribution in [2.24, 2.45) is 0 Å². The van der Waals surface area contributed by atoms with Gasteiger partial charge in [-0.1, -0.05) is 6.92 Å². The van der Waals surface area contributed by atoms with E-state index in [1.165, 1.54) is 6.42 Å². The molecule has 98 valence electrons. The summed E-state index contributed by atoms with van der Waals surface area (Å²) in [4.78, 5) is 25.2. The first kappa shape index (κ1) is 13.8. The van der Waals surface area contributed by atoms with E-state index in [1.54, 1.807) is 6.92 Å². The van der Waals surface area contributed by atoms with Crippen LogP contribution in [0, 0.1) is 0 Å². The van der Waals surface area contributed by atoms with E-state index in [4.69, 9.17) is 0 Å². The summed E-state index contributed by atoms with van der Waals surface area (Å²) in [5, 5.41) is 5.37. The number of hydrogen-bond donors (Lipinski definition) is 2. The minimum atomic E-state index is -0.440. The summed E-state index contributed by atoms with van der Waals surface area (Å²) in [5.41, 5.74) is 0. The number of urea groups is 1. The second-order valence-electron chi connectivity index (χ2n) is 4.51. The molecule has 5 heteroatoms. The minimum Gasteiger partial charge on any atom is -0.341 e. The fourth-order valence-corrected chi connectivity index (χ4v) is 1.94. The number of nitrogens with one attached hydrogen (secondary N) is 2. The third-order valence-electron chi connectivity index (χ3n) is 2.92. The highest BCUT2D eigenvalue weighted by molar-refractivity contribution is 5.86. The van der Waals surface area contributed by atoms with Gasteiger partial charge in [0.15, 0.2) is 0 Å². The Morgan fingerprint density at radius 1 is 1.24 bits per heavy atom. The number of hydrogen-bond acceptors (Lipinski definition) is 2. The lowest BCUT2D eigenvalue weighted by atomic mass is 10.1. The maximum Gasteiger partial charge on any atom is 0.315 e. The Balaban J connectivity index is 2.32. The lowest BCUT2D eigenvalue weighted by Crippen LogP contribution is -2.51. The van der Waals surface area contributed by atoms with Gasteiger partial charge < -0.3 is 15.5 Å². The molecule has 0 aliphatic carbocycles. The Labute approximate surface area is 103 Å². The fourth-order valence-electron chi connectivity index (χ4n) is 1.94. The number of nitrogens with zero attached hydrogens (tertiary/aromatic N) is 1. The predicted octanol–water partition coefficient (Wildman–Crippen LogP) is 1.10. The van der Waals surface area contributed by atoms with Crippen molar-refractivity contribution in [1.29, 1.82) is 0 Å². The van der Waals surface area contributed by atoms with Crippen LogP contribution in [0.3, 0.4) is 0 Å². The molecule has 3 amide bonds. The summed E-state index contributed by atoms with van der Waals surface area (Å²) in [6.45, 7) is 6.00.